The molecule has 1 spiro atoms. The van der Waals surface area contributed by atoms with E-state index in [9.17, 15) is 14.4 Å². The third-order valence-corrected chi connectivity index (χ3v) is 6.00. The van der Waals surface area contributed by atoms with Crippen LogP contribution in [0.25, 0.3) is 0 Å². The van der Waals surface area contributed by atoms with Crippen LogP contribution in [0.4, 0.5) is 4.79 Å². The van der Waals surface area contributed by atoms with Crippen molar-refractivity contribution in [2.75, 3.05) is 32.8 Å². The van der Waals surface area contributed by atoms with E-state index in [0.29, 0.717) is 26.0 Å². The number of hydrogen-bond donors (Lipinski definition) is 2. The molecule has 3 fully saturated rings. The molecule has 8 heteroatoms. The lowest BCUT2D eigenvalue weighted by atomic mass is 9.98. The lowest BCUT2D eigenvalue weighted by molar-refractivity contribution is -0.135. The Morgan fingerprint density at radius 1 is 1.21 bits per heavy atom. The number of nitrogens with zero attached hydrogens (tertiary/aromatic N) is 2. The van der Waals surface area contributed by atoms with Crippen LogP contribution in [0, 0.1) is 0 Å². The molecule has 0 bridgehead atoms. The van der Waals surface area contributed by atoms with Gasteiger partial charge >= 0.3 is 6.03 Å². The van der Waals surface area contributed by atoms with Crippen LogP contribution >= 0.6 is 0 Å². The summed E-state index contributed by atoms with van der Waals surface area (Å²) < 4.78 is 5.77. The first-order valence-electron chi connectivity index (χ1n) is 10.3. The largest absolute Gasteiger partial charge is 0.374 e. The van der Waals surface area contributed by atoms with Gasteiger partial charge in [0.1, 0.15) is 12.1 Å². The summed E-state index contributed by atoms with van der Waals surface area (Å²) in [5.41, 5.74) is 0.471. The van der Waals surface area contributed by atoms with Gasteiger partial charge in [-0.3, -0.25) is 19.4 Å². The molecule has 2 saturated heterocycles. The molecule has 0 aromatic heterocycles. The van der Waals surface area contributed by atoms with E-state index in [1.807, 2.05) is 18.2 Å². The molecule has 4 rings (SSSR count). The van der Waals surface area contributed by atoms with E-state index < -0.39 is 11.6 Å². The van der Waals surface area contributed by atoms with Crippen molar-refractivity contribution in [1.29, 1.82) is 0 Å². The van der Waals surface area contributed by atoms with Gasteiger partial charge in [0.25, 0.3) is 5.91 Å². The summed E-state index contributed by atoms with van der Waals surface area (Å²) in [6.07, 6.45) is 3.04. The smallest absolute Gasteiger partial charge is 0.325 e. The summed E-state index contributed by atoms with van der Waals surface area (Å²) in [4.78, 5) is 40.5. The lowest BCUT2D eigenvalue weighted by Crippen LogP contribution is -2.49. The Kier molecular flexibility index (Phi) is 5.82. The predicted octanol–water partition coefficient (Wildman–Crippen LogP) is 0.868. The zero-order chi connectivity index (χ0) is 20.3. The zero-order valence-corrected chi connectivity index (χ0v) is 16.6. The molecule has 0 radical (unpaired) electrons. The quantitative estimate of drug-likeness (QED) is 0.692. The minimum absolute atomic E-state index is 0.110. The number of benzene rings is 1. The van der Waals surface area contributed by atoms with E-state index in [1.165, 1.54) is 5.56 Å². The molecule has 156 valence electrons. The molecule has 2 heterocycles. The number of ether oxygens (including phenoxy) is 1. The second-order valence-corrected chi connectivity index (χ2v) is 8.13. The summed E-state index contributed by atoms with van der Waals surface area (Å²) in [5.74, 6) is -0.606. The summed E-state index contributed by atoms with van der Waals surface area (Å²) in [5, 5.41) is 5.61. The fraction of sp³-hybridized carbons (Fsp3) is 0.571. The number of rotatable bonds is 6. The van der Waals surface area contributed by atoms with Gasteiger partial charge in [0, 0.05) is 26.2 Å². The Labute approximate surface area is 170 Å². The lowest BCUT2D eigenvalue weighted by Gasteiger charge is -2.33. The van der Waals surface area contributed by atoms with Crippen molar-refractivity contribution in [3.63, 3.8) is 0 Å². The van der Waals surface area contributed by atoms with E-state index in [-0.39, 0.29) is 24.5 Å². The van der Waals surface area contributed by atoms with Crippen LogP contribution in [0.15, 0.2) is 30.3 Å². The number of carbonyl (C=O) groups excluding carboxylic acids is 3. The normalized spacial score (nSPS) is 24.1. The average Bonchev–Trinajstić information content (AvgIpc) is 3.28. The fourth-order valence-corrected chi connectivity index (χ4v) is 4.45. The van der Waals surface area contributed by atoms with Gasteiger partial charge < -0.3 is 15.4 Å². The van der Waals surface area contributed by atoms with E-state index in [4.69, 9.17) is 4.74 Å². The molecule has 3 aliphatic rings. The fourth-order valence-electron chi connectivity index (χ4n) is 4.45. The monoisotopic (exact) mass is 400 g/mol. The molecule has 1 aromatic rings. The minimum atomic E-state index is -0.776. The van der Waals surface area contributed by atoms with Crippen LogP contribution in [-0.2, 0) is 20.9 Å². The molecule has 4 amide bonds. The van der Waals surface area contributed by atoms with Gasteiger partial charge in [-0.05, 0) is 18.4 Å². The zero-order valence-electron chi connectivity index (χ0n) is 16.6. The second-order valence-electron chi connectivity index (χ2n) is 8.13. The summed E-state index contributed by atoms with van der Waals surface area (Å²) in [6, 6.07) is 9.79. The number of carbonyl (C=O) groups is 3. The Hall–Kier alpha value is -2.45. The summed E-state index contributed by atoms with van der Waals surface area (Å²) in [6.45, 7) is 3.15. The summed E-state index contributed by atoms with van der Waals surface area (Å²) in [7, 11) is 0. The highest BCUT2D eigenvalue weighted by atomic mass is 16.5. The first-order valence-corrected chi connectivity index (χ1v) is 10.3. The standard InChI is InChI=1S/C21H28N4O4/c26-18(15-25-19(27)21(23-20(25)28)8-4-5-9-21)22-12-17-14-24(10-11-29-17)13-16-6-2-1-3-7-16/h1-3,6-7,17H,4-5,8-15H2,(H,22,26)(H,23,28). The Balaban J connectivity index is 1.24. The number of morpholine rings is 1. The van der Waals surface area contributed by atoms with E-state index >= 15 is 0 Å². The first kappa shape index (κ1) is 19.8. The average molecular weight is 400 g/mol. The third-order valence-electron chi connectivity index (χ3n) is 6.00. The van der Waals surface area contributed by atoms with Crippen LogP contribution in [0.2, 0.25) is 0 Å². The molecule has 29 heavy (non-hydrogen) atoms. The van der Waals surface area contributed by atoms with E-state index in [1.54, 1.807) is 0 Å². The molecule has 2 N–H and O–H groups in total. The minimum Gasteiger partial charge on any atom is -0.374 e. The maximum atomic E-state index is 12.6. The highest BCUT2D eigenvalue weighted by molar-refractivity contribution is 6.09. The molecule has 1 atom stereocenters. The van der Waals surface area contributed by atoms with E-state index in [0.717, 1.165) is 37.4 Å². The number of urea groups is 1. The molecular weight excluding hydrogens is 372 g/mol. The second kappa shape index (κ2) is 8.51. The van der Waals surface area contributed by atoms with Crippen molar-refractivity contribution in [1.82, 2.24) is 20.4 Å². The van der Waals surface area contributed by atoms with Crippen LogP contribution in [0.1, 0.15) is 31.2 Å². The van der Waals surface area contributed by atoms with Crippen LogP contribution in [-0.4, -0.2) is 72.1 Å². The topological polar surface area (TPSA) is 91.0 Å². The van der Waals surface area contributed by atoms with Gasteiger partial charge in [-0.1, -0.05) is 43.2 Å². The Bertz CT molecular complexity index is 763. The van der Waals surface area contributed by atoms with Crippen molar-refractivity contribution >= 4 is 17.8 Å². The molecule has 1 saturated carbocycles. The van der Waals surface area contributed by atoms with Crippen LogP contribution < -0.4 is 10.6 Å². The number of hydrogen-bond acceptors (Lipinski definition) is 5. The van der Waals surface area contributed by atoms with Crippen molar-refractivity contribution in [3.8, 4) is 0 Å². The number of imide groups is 1. The SMILES string of the molecule is O=C(CN1C(=O)NC2(CCCC2)C1=O)NCC1CN(Cc2ccccc2)CCO1. The van der Waals surface area contributed by atoms with Gasteiger partial charge in [-0.15, -0.1) is 0 Å². The van der Waals surface area contributed by atoms with Gasteiger partial charge in [0.15, 0.2) is 0 Å². The Morgan fingerprint density at radius 2 is 1.97 bits per heavy atom. The molecule has 1 aliphatic carbocycles. The van der Waals surface area contributed by atoms with Crippen molar-refractivity contribution in [2.45, 2.75) is 43.9 Å². The van der Waals surface area contributed by atoms with Gasteiger partial charge in [-0.2, -0.15) is 0 Å². The van der Waals surface area contributed by atoms with Crippen molar-refractivity contribution in [2.24, 2.45) is 0 Å². The van der Waals surface area contributed by atoms with Gasteiger partial charge in [0.05, 0.1) is 12.7 Å². The highest BCUT2D eigenvalue weighted by Gasteiger charge is 2.52. The van der Waals surface area contributed by atoms with Gasteiger partial charge in [0.2, 0.25) is 5.91 Å². The molecule has 8 nitrogen and oxygen atoms in total. The van der Waals surface area contributed by atoms with E-state index in [2.05, 4.69) is 27.7 Å². The van der Waals surface area contributed by atoms with Crippen molar-refractivity contribution in [3.05, 3.63) is 35.9 Å². The maximum absolute atomic E-state index is 12.6. The molecular formula is C21H28N4O4. The van der Waals surface area contributed by atoms with Crippen molar-refractivity contribution < 1.29 is 19.1 Å². The highest BCUT2D eigenvalue weighted by Crippen LogP contribution is 2.34. The van der Waals surface area contributed by atoms with Gasteiger partial charge in [-0.25, -0.2) is 4.79 Å². The summed E-state index contributed by atoms with van der Waals surface area (Å²) >= 11 is 0. The number of amides is 4. The predicted molar refractivity (Wildman–Crippen MR) is 106 cm³/mol. The Morgan fingerprint density at radius 3 is 2.72 bits per heavy atom. The first-order chi connectivity index (χ1) is 14.1. The van der Waals surface area contributed by atoms with Crippen LogP contribution in [0.3, 0.4) is 0 Å². The maximum Gasteiger partial charge on any atom is 0.325 e. The van der Waals surface area contributed by atoms with Crippen LogP contribution in [0.5, 0.6) is 0 Å². The number of nitrogens with one attached hydrogen (secondary N) is 2. The molecule has 2 aliphatic heterocycles. The molecule has 1 unspecified atom stereocenters. The third kappa shape index (κ3) is 4.43. The molecule has 1 aromatic carbocycles.